The number of nitrogens with zero attached hydrogens (tertiary/aromatic N) is 2. The second-order valence-electron chi connectivity index (χ2n) is 8.50. The Balaban J connectivity index is 1.48. The molecule has 0 aliphatic carbocycles. The zero-order valence-corrected chi connectivity index (χ0v) is 19.0. The second kappa shape index (κ2) is 9.88. The Kier molecular flexibility index (Phi) is 6.75. The van der Waals surface area contributed by atoms with Crippen LogP contribution in [-0.4, -0.2) is 35.0 Å². The topological polar surface area (TPSA) is 72.9 Å². The van der Waals surface area contributed by atoms with Crippen molar-refractivity contribution in [1.82, 2.24) is 4.90 Å². The summed E-state index contributed by atoms with van der Waals surface area (Å²) in [6.07, 6.45) is 0.248. The van der Waals surface area contributed by atoms with E-state index >= 15 is 0 Å². The highest BCUT2D eigenvalue weighted by Crippen LogP contribution is 2.24. The molecule has 170 valence electrons. The molecule has 4 rings (SSSR count). The van der Waals surface area contributed by atoms with Gasteiger partial charge in [-0.15, -0.1) is 0 Å². The van der Waals surface area contributed by atoms with E-state index in [0.29, 0.717) is 36.6 Å². The fraction of sp³-hybridized carbons (Fsp3) is 0.259. The molecule has 0 bridgehead atoms. The maximum atomic E-state index is 13.2. The summed E-state index contributed by atoms with van der Waals surface area (Å²) >= 11 is 0. The van der Waals surface area contributed by atoms with Crippen molar-refractivity contribution in [2.24, 2.45) is 0 Å². The van der Waals surface area contributed by atoms with E-state index in [-0.39, 0.29) is 11.9 Å². The SMILES string of the molecule is Cc1ccc(CN2CCCN(c3cccc(C(=O)Nc4cccc(C(C)O)c4)c3)C2=O)cc1. The molecule has 3 amide bonds. The van der Waals surface area contributed by atoms with Crippen molar-refractivity contribution in [1.29, 1.82) is 0 Å². The highest BCUT2D eigenvalue weighted by Gasteiger charge is 2.27. The first kappa shape index (κ1) is 22.6. The number of carbonyl (C=O) groups excluding carboxylic acids is 2. The lowest BCUT2D eigenvalue weighted by molar-refractivity contribution is 0.102. The minimum Gasteiger partial charge on any atom is -0.389 e. The van der Waals surface area contributed by atoms with E-state index in [9.17, 15) is 14.7 Å². The van der Waals surface area contributed by atoms with Crippen LogP contribution >= 0.6 is 0 Å². The van der Waals surface area contributed by atoms with Crippen LogP contribution in [0.5, 0.6) is 0 Å². The van der Waals surface area contributed by atoms with Gasteiger partial charge in [-0.2, -0.15) is 0 Å². The number of hydrogen-bond donors (Lipinski definition) is 2. The molecule has 6 nitrogen and oxygen atoms in total. The van der Waals surface area contributed by atoms with Crippen LogP contribution in [0.1, 0.15) is 46.5 Å². The number of benzene rings is 3. The van der Waals surface area contributed by atoms with Crippen molar-refractivity contribution >= 4 is 23.3 Å². The Hall–Kier alpha value is -3.64. The van der Waals surface area contributed by atoms with Gasteiger partial charge in [-0.25, -0.2) is 4.79 Å². The molecule has 3 aromatic carbocycles. The Bertz CT molecular complexity index is 1140. The molecule has 1 aliphatic rings. The molecule has 1 aliphatic heterocycles. The van der Waals surface area contributed by atoms with Crippen LogP contribution in [0.4, 0.5) is 16.2 Å². The smallest absolute Gasteiger partial charge is 0.324 e. The van der Waals surface area contributed by atoms with Gasteiger partial charge in [-0.1, -0.05) is 48.0 Å². The van der Waals surface area contributed by atoms with Crippen LogP contribution in [0, 0.1) is 6.92 Å². The van der Waals surface area contributed by atoms with Gasteiger partial charge in [0.05, 0.1) is 6.10 Å². The highest BCUT2D eigenvalue weighted by atomic mass is 16.3. The van der Waals surface area contributed by atoms with Crippen LogP contribution in [0.2, 0.25) is 0 Å². The van der Waals surface area contributed by atoms with Gasteiger partial charge >= 0.3 is 6.03 Å². The van der Waals surface area contributed by atoms with Gasteiger partial charge in [0.25, 0.3) is 5.91 Å². The summed E-state index contributed by atoms with van der Waals surface area (Å²) in [4.78, 5) is 29.6. The zero-order valence-electron chi connectivity index (χ0n) is 19.0. The molecule has 1 heterocycles. The van der Waals surface area contributed by atoms with E-state index in [2.05, 4.69) is 29.6 Å². The first-order valence-electron chi connectivity index (χ1n) is 11.2. The van der Waals surface area contributed by atoms with Crippen LogP contribution in [0.25, 0.3) is 0 Å². The normalized spacial score (nSPS) is 14.8. The Morgan fingerprint density at radius 1 is 1.03 bits per heavy atom. The monoisotopic (exact) mass is 443 g/mol. The van der Waals surface area contributed by atoms with Crippen molar-refractivity contribution in [2.45, 2.75) is 32.9 Å². The molecule has 1 saturated heterocycles. The number of aryl methyl sites for hydroxylation is 1. The molecule has 0 aromatic heterocycles. The fourth-order valence-corrected chi connectivity index (χ4v) is 3.98. The minimum atomic E-state index is -0.613. The lowest BCUT2D eigenvalue weighted by Gasteiger charge is -2.36. The Labute approximate surface area is 194 Å². The van der Waals surface area contributed by atoms with E-state index in [1.165, 1.54) is 5.56 Å². The summed E-state index contributed by atoms with van der Waals surface area (Å²) in [5.74, 6) is -0.263. The minimum absolute atomic E-state index is 0.0518. The average molecular weight is 444 g/mol. The van der Waals surface area contributed by atoms with Gasteiger partial charge in [-0.3, -0.25) is 9.69 Å². The molecular weight excluding hydrogens is 414 g/mol. The molecule has 2 N–H and O–H groups in total. The third-order valence-corrected chi connectivity index (χ3v) is 5.85. The molecule has 3 aromatic rings. The summed E-state index contributed by atoms with van der Waals surface area (Å²) in [7, 11) is 0. The van der Waals surface area contributed by atoms with Gasteiger partial charge in [0.2, 0.25) is 0 Å². The zero-order chi connectivity index (χ0) is 23.4. The number of rotatable bonds is 6. The van der Waals surface area contributed by atoms with E-state index in [1.807, 2.05) is 24.0 Å². The lowest BCUT2D eigenvalue weighted by Crippen LogP contribution is -2.49. The van der Waals surface area contributed by atoms with Crippen LogP contribution in [-0.2, 0) is 6.54 Å². The van der Waals surface area contributed by atoms with E-state index < -0.39 is 6.10 Å². The van der Waals surface area contributed by atoms with E-state index in [0.717, 1.165) is 17.5 Å². The first-order valence-corrected chi connectivity index (χ1v) is 11.2. The van der Waals surface area contributed by atoms with Gasteiger partial charge in [0.1, 0.15) is 0 Å². The summed E-state index contributed by atoms with van der Waals surface area (Å²) in [5, 5.41) is 12.7. The maximum absolute atomic E-state index is 13.2. The van der Waals surface area contributed by atoms with Crippen molar-refractivity contribution in [3.63, 3.8) is 0 Å². The predicted molar refractivity (Wildman–Crippen MR) is 130 cm³/mol. The van der Waals surface area contributed by atoms with Gasteiger partial charge in [0.15, 0.2) is 0 Å². The molecular formula is C27H29N3O3. The quantitative estimate of drug-likeness (QED) is 0.555. The number of aliphatic hydroxyl groups is 1. The molecule has 0 radical (unpaired) electrons. The van der Waals surface area contributed by atoms with Crippen LogP contribution in [0.15, 0.2) is 72.8 Å². The van der Waals surface area contributed by atoms with Gasteiger partial charge < -0.3 is 15.3 Å². The van der Waals surface area contributed by atoms with E-state index in [1.54, 1.807) is 48.2 Å². The lowest BCUT2D eigenvalue weighted by atomic mass is 10.1. The third kappa shape index (κ3) is 5.41. The van der Waals surface area contributed by atoms with Crippen molar-refractivity contribution in [3.8, 4) is 0 Å². The number of amides is 3. The van der Waals surface area contributed by atoms with E-state index in [4.69, 9.17) is 0 Å². The summed E-state index contributed by atoms with van der Waals surface area (Å²) in [6.45, 7) is 5.62. The summed E-state index contributed by atoms with van der Waals surface area (Å²) in [6, 6.07) is 22.4. The average Bonchev–Trinajstić information content (AvgIpc) is 2.82. The molecule has 0 spiro atoms. The molecule has 33 heavy (non-hydrogen) atoms. The predicted octanol–water partition coefficient (Wildman–Crippen LogP) is 5.13. The highest BCUT2D eigenvalue weighted by molar-refractivity contribution is 6.05. The summed E-state index contributed by atoms with van der Waals surface area (Å²) in [5.41, 5.74) is 4.81. The third-order valence-electron chi connectivity index (χ3n) is 5.85. The van der Waals surface area contributed by atoms with Gasteiger partial charge in [0, 0.05) is 36.6 Å². The Morgan fingerprint density at radius 3 is 2.55 bits per heavy atom. The number of hydrogen-bond acceptors (Lipinski definition) is 3. The number of urea groups is 1. The number of anilines is 2. The molecule has 1 unspecified atom stereocenters. The molecule has 6 heteroatoms. The van der Waals surface area contributed by atoms with Crippen LogP contribution in [0.3, 0.4) is 0 Å². The second-order valence-corrected chi connectivity index (χ2v) is 8.50. The number of carbonyl (C=O) groups is 2. The van der Waals surface area contributed by atoms with Crippen molar-refractivity contribution in [3.05, 3.63) is 95.1 Å². The van der Waals surface area contributed by atoms with Crippen molar-refractivity contribution in [2.75, 3.05) is 23.3 Å². The van der Waals surface area contributed by atoms with Crippen molar-refractivity contribution < 1.29 is 14.7 Å². The standard InChI is InChI=1S/C27H29N3O3/c1-19-10-12-21(13-11-19)18-29-14-5-15-30(27(29)33)25-9-4-7-23(17-25)26(32)28-24-8-3-6-22(16-24)20(2)31/h3-4,6-13,16-17,20,31H,5,14-15,18H2,1-2H3,(H,28,32). The number of aliphatic hydroxyl groups excluding tert-OH is 1. The molecule has 1 fully saturated rings. The van der Waals surface area contributed by atoms with Crippen LogP contribution < -0.4 is 10.2 Å². The Morgan fingerprint density at radius 2 is 1.79 bits per heavy atom. The molecule has 1 atom stereocenters. The molecule has 0 saturated carbocycles. The maximum Gasteiger partial charge on any atom is 0.324 e. The number of nitrogens with one attached hydrogen (secondary N) is 1. The largest absolute Gasteiger partial charge is 0.389 e. The first-order chi connectivity index (χ1) is 15.9. The summed E-state index contributed by atoms with van der Waals surface area (Å²) < 4.78 is 0. The fourth-order valence-electron chi connectivity index (χ4n) is 3.98. The van der Waals surface area contributed by atoms with Gasteiger partial charge in [-0.05, 0) is 61.7 Å².